The summed E-state index contributed by atoms with van der Waals surface area (Å²) in [5.41, 5.74) is 2.96. The van der Waals surface area contributed by atoms with Crippen molar-refractivity contribution in [1.82, 2.24) is 14.3 Å². The molecule has 2 aromatic heterocycles. The maximum Gasteiger partial charge on any atom is 0.152 e. The molecule has 0 aliphatic carbocycles. The van der Waals surface area contributed by atoms with Crippen LogP contribution in [0.5, 0.6) is 0 Å². The Morgan fingerprint density at radius 1 is 1.32 bits per heavy atom. The zero-order valence-corrected chi connectivity index (χ0v) is 10.8. The van der Waals surface area contributed by atoms with E-state index >= 15 is 0 Å². The number of hydrogen-bond acceptors (Lipinski definition) is 2. The first-order chi connectivity index (χ1) is 9.28. The molecule has 0 saturated heterocycles. The van der Waals surface area contributed by atoms with Crippen LogP contribution in [0.15, 0.2) is 42.9 Å². The van der Waals surface area contributed by atoms with Gasteiger partial charge in [0.2, 0.25) is 0 Å². The molecule has 3 aromatic rings. The van der Waals surface area contributed by atoms with E-state index in [9.17, 15) is 4.79 Å². The number of fused-ring (bicyclic) bond motifs is 1. The monoisotopic (exact) mass is 253 g/mol. The topological polar surface area (TPSA) is 39.8 Å². The third-order valence-corrected chi connectivity index (χ3v) is 3.35. The van der Waals surface area contributed by atoms with E-state index in [1.165, 1.54) is 5.56 Å². The predicted octanol–water partition coefficient (Wildman–Crippen LogP) is 2.43. The lowest BCUT2D eigenvalue weighted by molar-refractivity contribution is 0.112. The number of rotatable bonds is 4. The highest BCUT2D eigenvalue weighted by molar-refractivity contribution is 5.96. The molecule has 19 heavy (non-hydrogen) atoms. The van der Waals surface area contributed by atoms with Gasteiger partial charge in [-0.25, -0.2) is 0 Å². The number of carbonyl (C=O) groups is 1. The number of hydrogen-bond donors (Lipinski definition) is 0. The molecule has 0 aliphatic heterocycles. The fraction of sp³-hybridized carbons (Fsp3) is 0.200. The minimum absolute atomic E-state index is 0.744. The van der Waals surface area contributed by atoms with E-state index in [-0.39, 0.29) is 0 Å². The zero-order valence-electron chi connectivity index (χ0n) is 10.8. The van der Waals surface area contributed by atoms with Crippen molar-refractivity contribution in [2.45, 2.75) is 13.0 Å². The molecule has 0 bridgehead atoms. The van der Waals surface area contributed by atoms with Crippen LogP contribution in [0.25, 0.3) is 10.9 Å². The number of aryl methyl sites for hydroxylation is 3. The molecule has 4 nitrogen and oxygen atoms in total. The number of nitrogens with zero attached hydrogens (tertiary/aromatic N) is 3. The second kappa shape index (κ2) is 4.72. The van der Waals surface area contributed by atoms with Gasteiger partial charge in [0.05, 0.1) is 11.7 Å². The van der Waals surface area contributed by atoms with Gasteiger partial charge in [0.15, 0.2) is 6.29 Å². The summed E-state index contributed by atoms with van der Waals surface area (Å²) < 4.78 is 3.94. The smallest absolute Gasteiger partial charge is 0.152 e. The quantitative estimate of drug-likeness (QED) is 0.670. The van der Waals surface area contributed by atoms with Gasteiger partial charge in [-0.3, -0.25) is 9.48 Å². The van der Waals surface area contributed by atoms with E-state index < -0.39 is 0 Å². The first kappa shape index (κ1) is 11.7. The molecule has 0 fully saturated rings. The number of aromatic nitrogens is 3. The van der Waals surface area contributed by atoms with E-state index in [1.54, 1.807) is 4.68 Å². The summed E-state index contributed by atoms with van der Waals surface area (Å²) in [6, 6.07) is 7.85. The lowest BCUT2D eigenvalue weighted by Crippen LogP contribution is -2.01. The predicted molar refractivity (Wildman–Crippen MR) is 74.2 cm³/mol. The SMILES string of the molecule is Cn1cc(CCn2ccc3cccc(C=O)c32)cn1. The van der Waals surface area contributed by atoms with E-state index in [2.05, 4.69) is 9.67 Å². The second-order valence-corrected chi connectivity index (χ2v) is 4.68. The maximum atomic E-state index is 11.1. The van der Waals surface area contributed by atoms with Crippen LogP contribution in [0.1, 0.15) is 15.9 Å². The molecular weight excluding hydrogens is 238 g/mol. The van der Waals surface area contributed by atoms with Crippen molar-refractivity contribution in [3.63, 3.8) is 0 Å². The molecule has 0 aliphatic rings. The van der Waals surface area contributed by atoms with Gasteiger partial charge in [-0.1, -0.05) is 12.1 Å². The van der Waals surface area contributed by atoms with E-state index in [0.717, 1.165) is 35.7 Å². The molecule has 0 amide bonds. The summed E-state index contributed by atoms with van der Waals surface area (Å²) in [4.78, 5) is 11.1. The number of carbonyl (C=O) groups excluding carboxylic acids is 1. The molecule has 0 saturated carbocycles. The molecule has 3 rings (SSSR count). The zero-order chi connectivity index (χ0) is 13.2. The minimum atomic E-state index is 0.744. The van der Waals surface area contributed by atoms with Crippen molar-refractivity contribution in [1.29, 1.82) is 0 Å². The minimum Gasteiger partial charge on any atom is -0.347 e. The van der Waals surface area contributed by atoms with Gasteiger partial charge in [0.1, 0.15) is 0 Å². The van der Waals surface area contributed by atoms with Gasteiger partial charge in [0.25, 0.3) is 0 Å². The first-order valence-corrected chi connectivity index (χ1v) is 6.28. The van der Waals surface area contributed by atoms with Gasteiger partial charge in [-0.15, -0.1) is 0 Å². The van der Waals surface area contributed by atoms with E-state index in [4.69, 9.17) is 0 Å². The van der Waals surface area contributed by atoms with E-state index in [1.807, 2.05) is 49.9 Å². The van der Waals surface area contributed by atoms with Gasteiger partial charge in [0, 0.05) is 36.9 Å². The van der Waals surface area contributed by atoms with Crippen LogP contribution in [0.4, 0.5) is 0 Å². The van der Waals surface area contributed by atoms with Crippen molar-refractivity contribution >= 4 is 17.2 Å². The van der Waals surface area contributed by atoms with Gasteiger partial charge < -0.3 is 4.57 Å². The largest absolute Gasteiger partial charge is 0.347 e. The number of para-hydroxylation sites is 1. The normalized spacial score (nSPS) is 11.0. The third kappa shape index (κ3) is 2.17. The van der Waals surface area contributed by atoms with Crippen molar-refractivity contribution < 1.29 is 4.79 Å². The summed E-state index contributed by atoms with van der Waals surface area (Å²) in [6.45, 7) is 0.847. The van der Waals surface area contributed by atoms with Crippen molar-refractivity contribution in [2.75, 3.05) is 0 Å². The lowest BCUT2D eigenvalue weighted by Gasteiger charge is -2.06. The average molecular weight is 253 g/mol. The second-order valence-electron chi connectivity index (χ2n) is 4.68. The van der Waals surface area contributed by atoms with E-state index in [0.29, 0.717) is 0 Å². The van der Waals surface area contributed by atoms with Crippen LogP contribution in [0.3, 0.4) is 0 Å². The van der Waals surface area contributed by atoms with Gasteiger partial charge in [-0.2, -0.15) is 5.10 Å². The highest BCUT2D eigenvalue weighted by atomic mass is 16.1. The Labute approximate surface area is 111 Å². The Kier molecular flexibility index (Phi) is 2.91. The summed E-state index contributed by atoms with van der Waals surface area (Å²) in [6.07, 6.45) is 7.76. The van der Waals surface area contributed by atoms with Crippen molar-refractivity contribution in [3.8, 4) is 0 Å². The van der Waals surface area contributed by atoms with Crippen molar-refractivity contribution in [3.05, 3.63) is 54.0 Å². The Morgan fingerprint density at radius 2 is 2.21 bits per heavy atom. The summed E-state index contributed by atoms with van der Waals surface area (Å²) in [7, 11) is 1.92. The molecule has 0 unspecified atom stereocenters. The van der Waals surface area contributed by atoms with Crippen molar-refractivity contribution in [2.24, 2.45) is 7.05 Å². The summed E-state index contributed by atoms with van der Waals surface area (Å²) in [5.74, 6) is 0. The van der Waals surface area contributed by atoms with Crippen LogP contribution in [-0.2, 0) is 20.0 Å². The molecule has 1 aromatic carbocycles. The molecule has 4 heteroatoms. The fourth-order valence-corrected chi connectivity index (χ4v) is 2.42. The highest BCUT2D eigenvalue weighted by Gasteiger charge is 2.06. The van der Waals surface area contributed by atoms with Gasteiger partial charge in [-0.05, 0) is 24.1 Å². The fourth-order valence-electron chi connectivity index (χ4n) is 2.42. The Balaban J connectivity index is 1.90. The molecule has 0 N–H and O–H groups in total. The molecule has 96 valence electrons. The molecule has 0 radical (unpaired) electrons. The Bertz CT molecular complexity index is 724. The Morgan fingerprint density at radius 3 is 2.95 bits per heavy atom. The van der Waals surface area contributed by atoms with Crippen LogP contribution in [0.2, 0.25) is 0 Å². The molecule has 0 spiro atoms. The first-order valence-electron chi connectivity index (χ1n) is 6.28. The highest BCUT2D eigenvalue weighted by Crippen LogP contribution is 2.19. The maximum absolute atomic E-state index is 11.1. The summed E-state index contributed by atoms with van der Waals surface area (Å²) >= 11 is 0. The Hall–Kier alpha value is -2.36. The third-order valence-electron chi connectivity index (χ3n) is 3.35. The molecule has 0 atom stereocenters. The van der Waals surface area contributed by atoms with Crippen LogP contribution < -0.4 is 0 Å². The molecular formula is C15H15N3O. The lowest BCUT2D eigenvalue weighted by atomic mass is 10.1. The number of aldehydes is 1. The van der Waals surface area contributed by atoms with Crippen LogP contribution >= 0.6 is 0 Å². The summed E-state index contributed by atoms with van der Waals surface area (Å²) in [5, 5.41) is 5.27. The van der Waals surface area contributed by atoms with Crippen LogP contribution in [-0.4, -0.2) is 20.6 Å². The van der Waals surface area contributed by atoms with Crippen LogP contribution in [0, 0.1) is 0 Å². The standard InChI is InChI=1S/C15H15N3O/c1-17-10-12(9-16-17)5-7-18-8-6-13-3-2-4-14(11-19)15(13)18/h2-4,6,8-11H,5,7H2,1H3. The molecule has 2 heterocycles. The van der Waals surface area contributed by atoms with Gasteiger partial charge >= 0.3 is 0 Å². The average Bonchev–Trinajstić information content (AvgIpc) is 3.02. The number of benzene rings is 1.